The zero-order valence-corrected chi connectivity index (χ0v) is 36.3. The van der Waals surface area contributed by atoms with Crippen LogP contribution < -0.4 is 5.32 Å². The van der Waals surface area contributed by atoms with Crippen molar-refractivity contribution < 1.29 is 10.9 Å². The Labute approximate surface area is 354 Å². The molecule has 10 heteroatoms. The van der Waals surface area contributed by atoms with E-state index in [0.717, 1.165) is 111 Å². The molecule has 10 nitrogen and oxygen atoms in total. The Morgan fingerprint density at radius 2 is 1.66 bits per heavy atom. The number of hydrogen-bond acceptors (Lipinski definition) is 8. The van der Waals surface area contributed by atoms with Gasteiger partial charge in [-0.15, -0.1) is 10.2 Å². The van der Waals surface area contributed by atoms with Crippen LogP contribution in [0.1, 0.15) is 128 Å². The minimum atomic E-state index is 0. The molecule has 0 amide bonds. The number of nitrogens with zero attached hydrogens (tertiary/aromatic N) is 7. The fourth-order valence-corrected chi connectivity index (χ4v) is 7.51. The van der Waals surface area contributed by atoms with Gasteiger partial charge in [-0.05, 0) is 111 Å². The quantitative estimate of drug-likeness (QED) is 0.150. The third kappa shape index (κ3) is 13.5. The molecule has 2 atom stereocenters. The average Bonchev–Trinajstić information content (AvgIpc) is 3.62. The number of rotatable bonds is 11. The molecular weight excluding hydrogens is 733 g/mol. The van der Waals surface area contributed by atoms with E-state index >= 15 is 0 Å². The Hall–Kier alpha value is -5.03. The van der Waals surface area contributed by atoms with Crippen molar-refractivity contribution in [1.29, 1.82) is 0 Å². The van der Waals surface area contributed by atoms with Crippen molar-refractivity contribution >= 4 is 0 Å². The summed E-state index contributed by atoms with van der Waals surface area (Å²) in [5, 5.41) is 20.7. The van der Waals surface area contributed by atoms with Crippen LogP contribution in [0.25, 0.3) is 11.4 Å². The highest BCUT2D eigenvalue weighted by molar-refractivity contribution is 5.59. The summed E-state index contributed by atoms with van der Waals surface area (Å²) < 4.78 is 15.5. The maximum absolute atomic E-state index is 5.90. The average molecular weight is 799 g/mol. The number of benzene rings is 1. The topological polar surface area (TPSA) is 105 Å². The van der Waals surface area contributed by atoms with Crippen molar-refractivity contribution in [3.8, 4) is 35.1 Å². The van der Waals surface area contributed by atoms with Crippen molar-refractivity contribution in [2.75, 3.05) is 19.8 Å². The van der Waals surface area contributed by atoms with E-state index in [1.165, 1.54) is 36.8 Å². The lowest BCUT2D eigenvalue weighted by molar-refractivity contribution is 0.00369. The normalized spacial score (nSPS) is 19.1. The van der Waals surface area contributed by atoms with E-state index in [0.29, 0.717) is 12.5 Å². The molecule has 0 bridgehead atoms. The van der Waals surface area contributed by atoms with Gasteiger partial charge in [0.25, 0.3) is 0 Å². The number of allylic oxidation sites excluding steroid dienone is 3. The Morgan fingerprint density at radius 3 is 2.39 bits per heavy atom. The van der Waals surface area contributed by atoms with Gasteiger partial charge in [0.2, 0.25) is 0 Å². The molecule has 1 N–H and O–H groups in total. The van der Waals surface area contributed by atoms with Gasteiger partial charge in [0.15, 0.2) is 0 Å². The van der Waals surface area contributed by atoms with Crippen molar-refractivity contribution in [2.24, 2.45) is 11.3 Å². The molecule has 0 spiro atoms. The number of aryl methyl sites for hydroxylation is 2. The molecule has 2 aliphatic carbocycles. The van der Waals surface area contributed by atoms with Crippen LogP contribution in [0.5, 0.6) is 0 Å². The molecule has 314 valence electrons. The first-order valence-electron chi connectivity index (χ1n) is 22.1. The molecule has 5 heterocycles. The van der Waals surface area contributed by atoms with E-state index in [4.69, 9.17) is 9.47 Å². The molecule has 8 rings (SSSR count). The van der Waals surface area contributed by atoms with Gasteiger partial charge in [0, 0.05) is 49.6 Å². The first-order chi connectivity index (χ1) is 28.8. The van der Waals surface area contributed by atoms with Crippen molar-refractivity contribution in [1.82, 2.24) is 40.3 Å². The van der Waals surface area contributed by atoms with Crippen LogP contribution in [0.4, 0.5) is 0 Å². The van der Waals surface area contributed by atoms with Crippen LogP contribution in [0.3, 0.4) is 0 Å². The van der Waals surface area contributed by atoms with E-state index < -0.39 is 0 Å². The number of ether oxygens (including phenoxy) is 2. The van der Waals surface area contributed by atoms with Gasteiger partial charge in [-0.1, -0.05) is 93.9 Å². The summed E-state index contributed by atoms with van der Waals surface area (Å²) >= 11 is 0. The van der Waals surface area contributed by atoms with Crippen molar-refractivity contribution in [2.45, 2.75) is 137 Å². The third-order valence-corrected chi connectivity index (χ3v) is 10.8. The Kier molecular flexibility index (Phi) is 16.1. The zero-order chi connectivity index (χ0) is 41.5. The Morgan fingerprint density at radius 1 is 0.864 bits per heavy atom. The predicted molar refractivity (Wildman–Crippen MR) is 237 cm³/mol. The van der Waals surface area contributed by atoms with E-state index in [9.17, 15) is 0 Å². The number of nitrogens with one attached hydrogen (secondary N) is 1. The van der Waals surface area contributed by atoms with E-state index in [-0.39, 0.29) is 19.0 Å². The monoisotopic (exact) mass is 799 g/mol. The first kappa shape index (κ1) is 43.5. The highest BCUT2D eigenvalue weighted by Gasteiger charge is 2.32. The maximum atomic E-state index is 5.90. The summed E-state index contributed by atoms with van der Waals surface area (Å²) in [4.78, 5) is 4.66. The smallest absolute Gasteiger partial charge is 0.131 e. The lowest BCUT2D eigenvalue weighted by atomic mass is 9.91. The summed E-state index contributed by atoms with van der Waals surface area (Å²) in [7, 11) is 0. The molecule has 2 aliphatic heterocycles. The summed E-state index contributed by atoms with van der Waals surface area (Å²) in [6.45, 7) is 16.6. The maximum Gasteiger partial charge on any atom is 0.131 e. The fourth-order valence-electron chi connectivity index (χ4n) is 7.51. The third-order valence-electron chi connectivity index (χ3n) is 10.8. The molecule has 4 aromatic rings. The second kappa shape index (κ2) is 21.8. The highest BCUT2D eigenvalue weighted by Crippen LogP contribution is 2.32. The summed E-state index contributed by atoms with van der Waals surface area (Å²) in [5.41, 5.74) is 9.93. The van der Waals surface area contributed by atoms with Gasteiger partial charge in [-0.2, -0.15) is 0 Å². The van der Waals surface area contributed by atoms with Gasteiger partial charge in [-0.25, -0.2) is 9.36 Å². The molecule has 1 saturated carbocycles. The van der Waals surface area contributed by atoms with Gasteiger partial charge in [-0.3, -0.25) is 4.98 Å². The van der Waals surface area contributed by atoms with Crippen LogP contribution in [-0.2, 0) is 41.8 Å². The zero-order valence-electron chi connectivity index (χ0n) is 36.3. The van der Waals surface area contributed by atoms with Gasteiger partial charge < -0.3 is 14.8 Å². The summed E-state index contributed by atoms with van der Waals surface area (Å²) in [5.74, 6) is 13.7. The molecular formula is C49H66N8O2. The predicted octanol–water partition coefficient (Wildman–Crippen LogP) is 8.93. The number of hydrogen-bond donors (Lipinski definition) is 1. The molecule has 0 radical (unpaired) electrons. The number of aromatic nitrogens is 7. The SMILES string of the molecule is CC.CCc1cc(C#CCNC2=CCCC=C2)cnc1-c1cn(CC2CC(C)(C)CO2)nn1.CCc1ccc(C#CC2CC2)cc1Cc1cn(CC2CCCCO2)nn1.[HH]. The standard InChI is InChI=1S/C25H31N5O.C22H27N3O.C2H6.H2/c1-4-20-13-19(9-8-12-26-21-10-6-5-7-11-21)15-27-24(20)23-17-30(29-28-23)16-22-14-25(2,3)18-31-22;1-2-19-11-10-18(9-8-17-6-7-17)13-20(19)14-21-15-25(24-23-21)16-22-5-3-4-12-26-22;1-2;/h6,10-11,13,15,17,22,26H,4-5,7,12,14,16,18H2,1-3H3;10-11,13,15,17,22H,2-7,12,14,16H2,1H3;1-2H3;1H. The molecule has 2 unspecified atom stereocenters. The minimum absolute atomic E-state index is 0. The number of pyridine rings is 1. The molecule has 2 saturated heterocycles. The lowest BCUT2D eigenvalue weighted by Gasteiger charge is -2.21. The van der Waals surface area contributed by atoms with Gasteiger partial charge >= 0.3 is 0 Å². The first-order valence-corrected chi connectivity index (χ1v) is 22.1. The molecule has 3 fully saturated rings. The van der Waals surface area contributed by atoms with Crippen molar-refractivity contribution in [3.05, 3.63) is 100 Å². The van der Waals surface area contributed by atoms with Crippen molar-refractivity contribution in [3.63, 3.8) is 0 Å². The van der Waals surface area contributed by atoms with Crippen LogP contribution in [0, 0.1) is 35.0 Å². The van der Waals surface area contributed by atoms with Gasteiger partial charge in [0.1, 0.15) is 5.69 Å². The van der Waals surface area contributed by atoms with Crippen LogP contribution >= 0.6 is 0 Å². The Bertz CT molecular complexity index is 2150. The summed E-state index contributed by atoms with van der Waals surface area (Å²) in [6.07, 6.45) is 24.9. The van der Waals surface area contributed by atoms with Crippen LogP contribution in [-0.4, -0.2) is 66.9 Å². The molecule has 59 heavy (non-hydrogen) atoms. The van der Waals surface area contributed by atoms with Crippen LogP contribution in [0.15, 0.2) is 66.8 Å². The Balaban J connectivity index is 0.000000218. The fraction of sp³-hybridized carbons (Fsp3) is 0.531. The van der Waals surface area contributed by atoms with E-state index in [2.05, 4.69) is 131 Å². The molecule has 4 aliphatic rings. The lowest BCUT2D eigenvalue weighted by Crippen LogP contribution is -2.24. The van der Waals surface area contributed by atoms with Gasteiger partial charge in [0.05, 0.1) is 56.0 Å². The second-order valence-corrected chi connectivity index (χ2v) is 16.5. The van der Waals surface area contributed by atoms with Crippen LogP contribution in [0.2, 0.25) is 0 Å². The minimum Gasteiger partial charge on any atom is -0.376 e. The summed E-state index contributed by atoms with van der Waals surface area (Å²) in [6, 6.07) is 8.70. The van der Waals surface area contributed by atoms with E-state index in [1.807, 2.05) is 35.6 Å². The second-order valence-electron chi connectivity index (χ2n) is 16.5. The molecule has 1 aromatic carbocycles. The van der Waals surface area contributed by atoms with E-state index in [1.54, 1.807) is 0 Å². The highest BCUT2D eigenvalue weighted by atomic mass is 16.5. The molecule has 3 aromatic heterocycles. The largest absolute Gasteiger partial charge is 0.376 e.